The van der Waals surface area contributed by atoms with Gasteiger partial charge >= 0.3 is 5.97 Å². The first-order valence-corrected chi connectivity index (χ1v) is 7.54. The average Bonchev–Trinajstić information content (AvgIpc) is 2.48. The molecule has 0 radical (unpaired) electrons. The molecule has 1 aromatic carbocycles. The third-order valence-electron chi connectivity index (χ3n) is 4.53. The predicted octanol–water partition coefficient (Wildman–Crippen LogP) is 2.31. The van der Waals surface area contributed by atoms with E-state index < -0.39 is 17.9 Å². The monoisotopic (exact) mass is 305 g/mol. The predicted molar refractivity (Wildman–Crippen MR) is 82.6 cm³/mol. The Balaban J connectivity index is 2.47. The van der Waals surface area contributed by atoms with Gasteiger partial charge in [-0.05, 0) is 37.0 Å². The van der Waals surface area contributed by atoms with E-state index in [1.54, 1.807) is 12.0 Å². The molecule has 0 spiro atoms. The van der Waals surface area contributed by atoms with Gasteiger partial charge in [0, 0.05) is 20.1 Å². The lowest BCUT2D eigenvalue weighted by atomic mass is 9.82. The topological polar surface area (TPSA) is 66.8 Å². The van der Waals surface area contributed by atoms with Crippen molar-refractivity contribution < 1.29 is 19.4 Å². The zero-order chi connectivity index (χ0) is 16.3. The minimum Gasteiger partial charge on any atom is -0.481 e. The molecule has 0 unspecified atom stereocenters. The van der Waals surface area contributed by atoms with Crippen LogP contribution in [0.25, 0.3) is 0 Å². The molecule has 2 rings (SSSR count). The number of hydrogen-bond donors (Lipinski definition) is 1. The molecule has 1 aliphatic heterocycles. The van der Waals surface area contributed by atoms with E-state index in [1.165, 1.54) is 0 Å². The molecule has 120 valence electrons. The van der Waals surface area contributed by atoms with Crippen LogP contribution < -0.4 is 0 Å². The summed E-state index contributed by atoms with van der Waals surface area (Å²) >= 11 is 0. The number of ether oxygens (including phenoxy) is 1. The van der Waals surface area contributed by atoms with Gasteiger partial charge < -0.3 is 14.7 Å². The van der Waals surface area contributed by atoms with Crippen LogP contribution in [0, 0.1) is 19.8 Å². The fourth-order valence-corrected chi connectivity index (χ4v) is 3.14. The molecule has 1 heterocycles. The first-order valence-electron chi connectivity index (χ1n) is 7.54. The number of nitrogens with zero attached hydrogens (tertiary/aromatic N) is 1. The number of benzene rings is 1. The fraction of sp³-hybridized carbons (Fsp3) is 0.529. The number of carbonyl (C=O) groups is 2. The van der Waals surface area contributed by atoms with E-state index in [4.69, 9.17) is 4.74 Å². The molecule has 1 N–H and O–H groups in total. The first-order chi connectivity index (χ1) is 10.5. The van der Waals surface area contributed by atoms with Gasteiger partial charge in [-0.1, -0.05) is 18.2 Å². The molecule has 1 fully saturated rings. The number of rotatable bonds is 5. The minimum absolute atomic E-state index is 0.000422. The van der Waals surface area contributed by atoms with Crippen molar-refractivity contribution >= 4 is 11.9 Å². The lowest BCUT2D eigenvalue weighted by Gasteiger charge is -2.40. The van der Waals surface area contributed by atoms with Crippen molar-refractivity contribution in [2.75, 3.05) is 20.3 Å². The highest BCUT2D eigenvalue weighted by molar-refractivity contribution is 5.82. The number of amides is 1. The van der Waals surface area contributed by atoms with Crippen LogP contribution in [0.4, 0.5) is 0 Å². The maximum absolute atomic E-state index is 12.3. The van der Waals surface area contributed by atoms with E-state index in [-0.39, 0.29) is 12.3 Å². The van der Waals surface area contributed by atoms with E-state index >= 15 is 0 Å². The standard InChI is InChI=1S/C17H23NO4/c1-11-5-4-6-13(12(11)2)16-14(17(20)21)7-8-15(19)18(16)9-10-22-3/h4-6,14,16H,7-10H2,1-3H3,(H,20,21)/t14-,16-/m0/s1. The van der Waals surface area contributed by atoms with Crippen LogP contribution in [-0.2, 0) is 14.3 Å². The van der Waals surface area contributed by atoms with Crippen LogP contribution in [0.2, 0.25) is 0 Å². The average molecular weight is 305 g/mol. The third kappa shape index (κ3) is 3.14. The summed E-state index contributed by atoms with van der Waals surface area (Å²) < 4.78 is 5.09. The van der Waals surface area contributed by atoms with Crippen LogP contribution in [0.3, 0.4) is 0 Å². The van der Waals surface area contributed by atoms with Crippen LogP contribution >= 0.6 is 0 Å². The molecule has 22 heavy (non-hydrogen) atoms. The summed E-state index contributed by atoms with van der Waals surface area (Å²) in [6, 6.07) is 5.43. The molecule has 5 heteroatoms. The van der Waals surface area contributed by atoms with Crippen LogP contribution in [0.15, 0.2) is 18.2 Å². The zero-order valence-corrected chi connectivity index (χ0v) is 13.3. The van der Waals surface area contributed by atoms with E-state index in [9.17, 15) is 14.7 Å². The second-order valence-electron chi connectivity index (χ2n) is 5.80. The molecule has 1 amide bonds. The van der Waals surface area contributed by atoms with Crippen LogP contribution in [0.5, 0.6) is 0 Å². The number of aliphatic carboxylic acids is 1. The smallest absolute Gasteiger partial charge is 0.308 e. The van der Waals surface area contributed by atoms with Crippen molar-refractivity contribution in [1.29, 1.82) is 0 Å². The molecule has 2 atom stereocenters. The molecule has 0 bridgehead atoms. The Kier molecular flexibility index (Phi) is 5.19. The van der Waals surface area contributed by atoms with Crippen molar-refractivity contribution in [3.63, 3.8) is 0 Å². The van der Waals surface area contributed by atoms with E-state index in [2.05, 4.69) is 0 Å². The van der Waals surface area contributed by atoms with Crippen LogP contribution in [-0.4, -0.2) is 42.1 Å². The summed E-state index contributed by atoms with van der Waals surface area (Å²) in [5, 5.41) is 9.59. The van der Waals surface area contributed by atoms with Gasteiger partial charge in [0.05, 0.1) is 18.6 Å². The number of carboxylic acids is 1. The lowest BCUT2D eigenvalue weighted by Crippen LogP contribution is -2.46. The van der Waals surface area contributed by atoms with Crippen molar-refractivity contribution in [3.8, 4) is 0 Å². The number of carboxylic acid groups (broad SMARTS) is 1. The van der Waals surface area contributed by atoms with Gasteiger partial charge in [0.1, 0.15) is 0 Å². The highest BCUT2D eigenvalue weighted by Gasteiger charge is 2.41. The third-order valence-corrected chi connectivity index (χ3v) is 4.53. The SMILES string of the molecule is COCCN1C(=O)CC[C@H](C(=O)O)[C@@H]1c1cccc(C)c1C. The van der Waals surface area contributed by atoms with Gasteiger partial charge in [-0.2, -0.15) is 0 Å². The Morgan fingerprint density at radius 3 is 2.77 bits per heavy atom. The molecule has 0 aliphatic carbocycles. The van der Waals surface area contributed by atoms with Gasteiger partial charge in [-0.15, -0.1) is 0 Å². The van der Waals surface area contributed by atoms with Gasteiger partial charge in [-0.3, -0.25) is 9.59 Å². The Morgan fingerprint density at radius 1 is 1.41 bits per heavy atom. The van der Waals surface area contributed by atoms with E-state index in [0.29, 0.717) is 19.6 Å². The second kappa shape index (κ2) is 6.92. The molecule has 0 aromatic heterocycles. The zero-order valence-electron chi connectivity index (χ0n) is 13.3. The van der Waals surface area contributed by atoms with Crippen molar-refractivity contribution in [3.05, 3.63) is 34.9 Å². The number of likely N-dealkylation sites (tertiary alicyclic amines) is 1. The first kappa shape index (κ1) is 16.5. The molecule has 1 aliphatic rings. The molecule has 5 nitrogen and oxygen atoms in total. The summed E-state index contributed by atoms with van der Waals surface area (Å²) in [5.74, 6) is -1.42. The minimum atomic E-state index is -0.846. The van der Waals surface area contributed by atoms with E-state index in [1.807, 2.05) is 32.0 Å². The summed E-state index contributed by atoms with van der Waals surface area (Å²) in [6.45, 7) is 4.80. The Bertz CT molecular complexity index is 570. The summed E-state index contributed by atoms with van der Waals surface area (Å²) in [5.41, 5.74) is 3.08. The van der Waals surface area contributed by atoms with Gasteiger partial charge in [0.15, 0.2) is 0 Å². The van der Waals surface area contributed by atoms with Crippen molar-refractivity contribution in [1.82, 2.24) is 4.90 Å². The summed E-state index contributed by atoms with van der Waals surface area (Å²) in [6.07, 6.45) is 0.664. The molecule has 1 saturated heterocycles. The second-order valence-corrected chi connectivity index (χ2v) is 5.80. The Hall–Kier alpha value is -1.88. The largest absolute Gasteiger partial charge is 0.481 e. The van der Waals surface area contributed by atoms with Gasteiger partial charge in [-0.25, -0.2) is 0 Å². The molecular formula is C17H23NO4. The Morgan fingerprint density at radius 2 is 2.14 bits per heavy atom. The lowest BCUT2D eigenvalue weighted by molar-refractivity contribution is -0.152. The van der Waals surface area contributed by atoms with Crippen LogP contribution in [0.1, 0.15) is 35.6 Å². The normalized spacial score (nSPS) is 22.0. The maximum Gasteiger partial charge on any atom is 0.308 e. The molecule has 1 aromatic rings. The number of hydrogen-bond acceptors (Lipinski definition) is 3. The number of carbonyl (C=O) groups excluding carboxylic acids is 1. The van der Waals surface area contributed by atoms with Gasteiger partial charge in [0.2, 0.25) is 5.91 Å². The number of aryl methyl sites for hydroxylation is 1. The summed E-state index contributed by atoms with van der Waals surface area (Å²) in [4.78, 5) is 25.7. The quantitative estimate of drug-likeness (QED) is 0.906. The van der Waals surface area contributed by atoms with Crippen molar-refractivity contribution in [2.24, 2.45) is 5.92 Å². The van der Waals surface area contributed by atoms with E-state index in [0.717, 1.165) is 16.7 Å². The van der Waals surface area contributed by atoms with Crippen molar-refractivity contribution in [2.45, 2.75) is 32.7 Å². The maximum atomic E-state index is 12.3. The number of piperidine rings is 1. The molecular weight excluding hydrogens is 282 g/mol. The highest BCUT2D eigenvalue weighted by atomic mass is 16.5. The summed E-state index contributed by atoms with van der Waals surface area (Å²) in [7, 11) is 1.58. The fourth-order valence-electron chi connectivity index (χ4n) is 3.14. The molecule has 0 saturated carbocycles. The van der Waals surface area contributed by atoms with Gasteiger partial charge in [0.25, 0.3) is 0 Å². The highest BCUT2D eigenvalue weighted by Crippen LogP contribution is 2.38. The Labute approximate surface area is 130 Å². The number of methoxy groups -OCH3 is 1.